The highest BCUT2D eigenvalue weighted by Crippen LogP contribution is 2.26. The zero-order chi connectivity index (χ0) is 11.7. The molecular weight excluding hydrogens is 210 g/mol. The van der Waals surface area contributed by atoms with Crippen LogP contribution < -0.4 is 10.6 Å². The van der Waals surface area contributed by atoms with Gasteiger partial charge in [-0.3, -0.25) is 4.98 Å². The van der Waals surface area contributed by atoms with Crippen LogP contribution in [0.5, 0.6) is 0 Å². The molecule has 3 rings (SSSR count). The van der Waals surface area contributed by atoms with Gasteiger partial charge < -0.3 is 10.6 Å². The molecule has 1 aromatic carbocycles. The summed E-state index contributed by atoms with van der Waals surface area (Å²) in [6.45, 7) is 3.00. The Bertz CT molecular complexity index is 524. The van der Waals surface area contributed by atoms with Crippen LogP contribution in [0.4, 0.5) is 5.69 Å². The maximum Gasteiger partial charge on any atom is 0.0703 e. The van der Waals surface area contributed by atoms with Crippen LogP contribution in [0, 0.1) is 5.92 Å². The molecule has 3 heteroatoms. The lowest BCUT2D eigenvalue weighted by atomic mass is 10.1. The molecular formula is C14H17N3. The van der Waals surface area contributed by atoms with Crippen molar-refractivity contribution in [1.82, 2.24) is 4.98 Å². The molecule has 2 aromatic rings. The summed E-state index contributed by atoms with van der Waals surface area (Å²) >= 11 is 0. The van der Waals surface area contributed by atoms with Crippen LogP contribution in [-0.4, -0.2) is 24.6 Å². The van der Waals surface area contributed by atoms with Crippen molar-refractivity contribution >= 4 is 16.6 Å². The van der Waals surface area contributed by atoms with Crippen molar-refractivity contribution in [3.63, 3.8) is 0 Å². The summed E-state index contributed by atoms with van der Waals surface area (Å²) in [4.78, 5) is 6.76. The van der Waals surface area contributed by atoms with E-state index in [1.165, 1.54) is 17.5 Å². The van der Waals surface area contributed by atoms with Gasteiger partial charge in [0.15, 0.2) is 0 Å². The maximum absolute atomic E-state index is 5.73. The summed E-state index contributed by atoms with van der Waals surface area (Å²) in [7, 11) is 0. The summed E-state index contributed by atoms with van der Waals surface area (Å²) in [5.41, 5.74) is 8.08. The fourth-order valence-electron chi connectivity index (χ4n) is 2.52. The zero-order valence-corrected chi connectivity index (χ0v) is 9.84. The number of fused-ring (bicyclic) bond motifs is 1. The van der Waals surface area contributed by atoms with Crippen LogP contribution in [0.1, 0.15) is 6.42 Å². The molecule has 1 unspecified atom stereocenters. The van der Waals surface area contributed by atoms with E-state index >= 15 is 0 Å². The lowest BCUT2D eigenvalue weighted by Gasteiger charge is -2.18. The van der Waals surface area contributed by atoms with Gasteiger partial charge in [-0.25, -0.2) is 0 Å². The van der Waals surface area contributed by atoms with E-state index < -0.39 is 0 Å². The Morgan fingerprint density at radius 3 is 3.12 bits per heavy atom. The van der Waals surface area contributed by atoms with Crippen molar-refractivity contribution in [2.45, 2.75) is 6.42 Å². The number of pyridine rings is 1. The van der Waals surface area contributed by atoms with Gasteiger partial charge >= 0.3 is 0 Å². The lowest BCUT2D eigenvalue weighted by Crippen LogP contribution is -2.22. The van der Waals surface area contributed by atoms with E-state index in [2.05, 4.69) is 34.1 Å². The number of benzene rings is 1. The first kappa shape index (κ1) is 10.5. The summed E-state index contributed by atoms with van der Waals surface area (Å²) in [5, 5.41) is 1.21. The Labute approximate surface area is 101 Å². The largest absolute Gasteiger partial charge is 0.371 e. The van der Waals surface area contributed by atoms with E-state index in [9.17, 15) is 0 Å². The average Bonchev–Trinajstić information content (AvgIpc) is 2.87. The van der Waals surface area contributed by atoms with Crippen molar-refractivity contribution in [3.8, 4) is 0 Å². The molecule has 88 valence electrons. The molecule has 2 N–H and O–H groups in total. The summed E-state index contributed by atoms with van der Waals surface area (Å²) in [6.07, 6.45) is 3.05. The van der Waals surface area contributed by atoms with E-state index in [1.54, 1.807) is 0 Å². The predicted octanol–water partition coefficient (Wildman–Crippen LogP) is 2.02. The molecule has 0 amide bonds. The lowest BCUT2D eigenvalue weighted by molar-refractivity contribution is 0.603. The summed E-state index contributed by atoms with van der Waals surface area (Å²) in [6, 6.07) is 10.6. The van der Waals surface area contributed by atoms with Crippen molar-refractivity contribution in [1.29, 1.82) is 0 Å². The summed E-state index contributed by atoms with van der Waals surface area (Å²) in [5.74, 6) is 0.652. The van der Waals surface area contributed by atoms with Crippen LogP contribution in [0.25, 0.3) is 10.9 Å². The molecule has 1 aliphatic rings. The minimum atomic E-state index is 0.652. The van der Waals surface area contributed by atoms with Crippen molar-refractivity contribution in [2.24, 2.45) is 11.7 Å². The second-order valence-electron chi connectivity index (χ2n) is 4.72. The van der Waals surface area contributed by atoms with E-state index in [0.717, 1.165) is 25.2 Å². The normalized spacial score (nSPS) is 20.1. The standard InChI is InChI=1S/C14H17N3/c15-9-11-5-7-17(10-11)13-3-4-14-12(8-13)2-1-6-16-14/h1-4,6,8,11H,5,7,9-10,15H2. The second-order valence-corrected chi connectivity index (χ2v) is 4.72. The zero-order valence-electron chi connectivity index (χ0n) is 9.84. The third-order valence-electron chi connectivity index (χ3n) is 3.57. The molecule has 0 aliphatic carbocycles. The maximum atomic E-state index is 5.73. The van der Waals surface area contributed by atoms with Gasteiger partial charge in [0, 0.05) is 30.4 Å². The smallest absolute Gasteiger partial charge is 0.0703 e. The number of aromatic nitrogens is 1. The van der Waals surface area contributed by atoms with Gasteiger partial charge in [0.05, 0.1) is 5.52 Å². The van der Waals surface area contributed by atoms with Crippen LogP contribution in [0.15, 0.2) is 36.5 Å². The fourth-order valence-corrected chi connectivity index (χ4v) is 2.52. The molecule has 1 atom stereocenters. The first-order valence-corrected chi connectivity index (χ1v) is 6.16. The number of anilines is 1. The molecule has 3 nitrogen and oxygen atoms in total. The van der Waals surface area contributed by atoms with E-state index in [1.807, 2.05) is 12.3 Å². The number of rotatable bonds is 2. The number of hydrogen-bond donors (Lipinski definition) is 1. The van der Waals surface area contributed by atoms with E-state index in [-0.39, 0.29) is 0 Å². The van der Waals surface area contributed by atoms with Crippen LogP contribution in [0.2, 0.25) is 0 Å². The average molecular weight is 227 g/mol. The number of nitrogens with zero attached hydrogens (tertiary/aromatic N) is 2. The van der Waals surface area contributed by atoms with Crippen LogP contribution in [0.3, 0.4) is 0 Å². The van der Waals surface area contributed by atoms with Crippen molar-refractivity contribution < 1.29 is 0 Å². The molecule has 0 radical (unpaired) electrons. The monoisotopic (exact) mass is 227 g/mol. The van der Waals surface area contributed by atoms with E-state index in [4.69, 9.17) is 5.73 Å². The number of nitrogens with two attached hydrogens (primary N) is 1. The van der Waals surface area contributed by atoms with Crippen molar-refractivity contribution in [3.05, 3.63) is 36.5 Å². The minimum absolute atomic E-state index is 0.652. The van der Waals surface area contributed by atoms with Gasteiger partial charge in [-0.05, 0) is 43.1 Å². The van der Waals surface area contributed by atoms with Gasteiger partial charge in [0.2, 0.25) is 0 Å². The quantitative estimate of drug-likeness (QED) is 0.853. The highest BCUT2D eigenvalue weighted by Gasteiger charge is 2.21. The highest BCUT2D eigenvalue weighted by atomic mass is 15.2. The molecule has 0 spiro atoms. The Morgan fingerprint density at radius 1 is 1.35 bits per heavy atom. The van der Waals surface area contributed by atoms with Crippen LogP contribution in [-0.2, 0) is 0 Å². The van der Waals surface area contributed by atoms with Gasteiger partial charge in [-0.15, -0.1) is 0 Å². The minimum Gasteiger partial charge on any atom is -0.371 e. The first-order chi connectivity index (χ1) is 8.36. The highest BCUT2D eigenvalue weighted by molar-refractivity contribution is 5.82. The molecule has 0 bridgehead atoms. The predicted molar refractivity (Wildman–Crippen MR) is 71.1 cm³/mol. The Kier molecular flexibility index (Phi) is 2.69. The Balaban J connectivity index is 1.91. The Morgan fingerprint density at radius 2 is 2.29 bits per heavy atom. The molecule has 1 aromatic heterocycles. The summed E-state index contributed by atoms with van der Waals surface area (Å²) < 4.78 is 0. The molecule has 17 heavy (non-hydrogen) atoms. The van der Waals surface area contributed by atoms with Crippen LogP contribution >= 0.6 is 0 Å². The SMILES string of the molecule is NCC1CCN(c2ccc3ncccc3c2)C1. The second kappa shape index (κ2) is 4.34. The van der Waals surface area contributed by atoms with Gasteiger partial charge in [-0.1, -0.05) is 6.07 Å². The molecule has 0 saturated carbocycles. The first-order valence-electron chi connectivity index (χ1n) is 6.16. The third-order valence-corrected chi connectivity index (χ3v) is 3.57. The van der Waals surface area contributed by atoms with Gasteiger partial charge in [0.25, 0.3) is 0 Å². The number of hydrogen-bond acceptors (Lipinski definition) is 3. The van der Waals surface area contributed by atoms with Crippen molar-refractivity contribution in [2.75, 3.05) is 24.5 Å². The van der Waals surface area contributed by atoms with Gasteiger partial charge in [0.1, 0.15) is 0 Å². The van der Waals surface area contributed by atoms with E-state index in [0.29, 0.717) is 5.92 Å². The molecule has 1 aliphatic heterocycles. The molecule has 1 saturated heterocycles. The third kappa shape index (κ3) is 1.98. The Hall–Kier alpha value is -1.61. The molecule has 1 fully saturated rings. The molecule has 2 heterocycles. The topological polar surface area (TPSA) is 42.1 Å². The van der Waals surface area contributed by atoms with Gasteiger partial charge in [-0.2, -0.15) is 0 Å². The fraction of sp³-hybridized carbons (Fsp3) is 0.357.